The number of nitrogens with zero attached hydrogens (tertiary/aromatic N) is 4. The summed E-state index contributed by atoms with van der Waals surface area (Å²) >= 11 is 0. The molecule has 10 heteroatoms. The van der Waals surface area contributed by atoms with Gasteiger partial charge < -0.3 is 10.1 Å². The van der Waals surface area contributed by atoms with Crippen LogP contribution in [0.4, 0.5) is 24.8 Å². The molecule has 180 valence electrons. The maximum Gasteiger partial charge on any atom is 0.420 e. The first-order valence-corrected chi connectivity index (χ1v) is 11.1. The molecule has 0 unspecified atom stereocenters. The van der Waals surface area contributed by atoms with Gasteiger partial charge in [0.1, 0.15) is 23.8 Å². The van der Waals surface area contributed by atoms with Crippen molar-refractivity contribution in [2.75, 3.05) is 30.0 Å². The van der Waals surface area contributed by atoms with Gasteiger partial charge in [-0.2, -0.15) is 13.2 Å². The van der Waals surface area contributed by atoms with Crippen molar-refractivity contribution in [3.63, 3.8) is 0 Å². The standard InChI is InChI=1S/C25H22F3N5O2/c1-14-6-5-8-16-7-3-4-9-17(16)15(2)30-23-20-18(31-22(14)32-23)12-29-24(21(20)25(26,27)28)33-10-11-35-13-19(33)34/h3-4,7,9,12H,1-2,5-6,8,10-11,13H2,(H,30,31,32). The number of aromatic nitrogens is 3. The lowest BCUT2D eigenvalue weighted by Crippen LogP contribution is -2.43. The Morgan fingerprint density at radius 2 is 1.91 bits per heavy atom. The van der Waals surface area contributed by atoms with Gasteiger partial charge in [-0.1, -0.05) is 37.4 Å². The maximum atomic E-state index is 14.6. The third kappa shape index (κ3) is 4.25. The van der Waals surface area contributed by atoms with Gasteiger partial charge in [-0.3, -0.25) is 9.69 Å². The van der Waals surface area contributed by atoms with Crippen molar-refractivity contribution in [1.29, 1.82) is 0 Å². The Kier molecular flexibility index (Phi) is 5.76. The van der Waals surface area contributed by atoms with Crippen LogP contribution in [0.3, 0.4) is 0 Å². The summed E-state index contributed by atoms with van der Waals surface area (Å²) in [5, 5.41) is 2.73. The molecule has 1 N–H and O–H groups in total. The van der Waals surface area contributed by atoms with Crippen molar-refractivity contribution in [2.24, 2.45) is 0 Å². The van der Waals surface area contributed by atoms with Gasteiger partial charge in [0.15, 0.2) is 5.82 Å². The molecule has 1 fully saturated rings. The quantitative estimate of drug-likeness (QED) is 0.536. The Hall–Kier alpha value is -3.79. The van der Waals surface area contributed by atoms with E-state index in [0.717, 1.165) is 28.9 Å². The fourth-order valence-electron chi connectivity index (χ4n) is 4.43. The monoisotopic (exact) mass is 481 g/mol. The first-order valence-electron chi connectivity index (χ1n) is 11.1. The minimum atomic E-state index is -4.84. The average molecular weight is 481 g/mol. The number of morpholine rings is 1. The number of fused-ring (bicyclic) bond motifs is 5. The van der Waals surface area contributed by atoms with Crippen LogP contribution in [0.5, 0.6) is 0 Å². The molecule has 1 amide bonds. The maximum absolute atomic E-state index is 14.6. The molecule has 0 saturated carbocycles. The number of nitrogens with one attached hydrogen (secondary N) is 1. The predicted octanol–water partition coefficient (Wildman–Crippen LogP) is 4.84. The third-order valence-corrected chi connectivity index (χ3v) is 6.10. The number of halogens is 3. The Morgan fingerprint density at radius 3 is 2.69 bits per heavy atom. The normalized spacial score (nSPS) is 17.1. The molecule has 2 aromatic heterocycles. The van der Waals surface area contributed by atoms with Crippen LogP contribution in [0, 0.1) is 0 Å². The molecular formula is C25H22F3N5O2. The lowest BCUT2D eigenvalue weighted by atomic mass is 9.99. The van der Waals surface area contributed by atoms with E-state index in [1.54, 1.807) is 0 Å². The number of hydrogen-bond donors (Lipinski definition) is 1. The molecule has 1 aromatic carbocycles. The summed E-state index contributed by atoms with van der Waals surface area (Å²) in [6.45, 7) is 7.90. The minimum absolute atomic E-state index is 0.00392. The van der Waals surface area contributed by atoms with Gasteiger partial charge in [0, 0.05) is 11.3 Å². The number of rotatable bonds is 1. The summed E-state index contributed by atoms with van der Waals surface area (Å²) in [6, 6.07) is 7.59. The fourth-order valence-corrected chi connectivity index (χ4v) is 4.43. The molecule has 2 bridgehead atoms. The lowest BCUT2D eigenvalue weighted by Gasteiger charge is -2.29. The number of benzene rings is 1. The lowest BCUT2D eigenvalue weighted by molar-refractivity contribution is -0.136. The van der Waals surface area contributed by atoms with E-state index in [2.05, 4.69) is 33.4 Å². The summed E-state index contributed by atoms with van der Waals surface area (Å²) in [5.41, 5.74) is 1.74. The van der Waals surface area contributed by atoms with Gasteiger partial charge in [-0.25, -0.2) is 15.0 Å². The Morgan fingerprint density at radius 1 is 1.11 bits per heavy atom. The van der Waals surface area contributed by atoms with Crippen LogP contribution in [-0.2, 0) is 22.1 Å². The Labute approximate surface area is 199 Å². The molecule has 3 aromatic rings. The topological polar surface area (TPSA) is 80.2 Å². The van der Waals surface area contributed by atoms with Gasteiger partial charge in [0.25, 0.3) is 5.91 Å². The highest BCUT2D eigenvalue weighted by atomic mass is 19.4. The molecular weight excluding hydrogens is 459 g/mol. The molecule has 0 spiro atoms. The molecule has 35 heavy (non-hydrogen) atoms. The first-order chi connectivity index (χ1) is 16.7. The zero-order chi connectivity index (χ0) is 24.7. The largest absolute Gasteiger partial charge is 0.420 e. The second kappa shape index (κ2) is 8.77. The average Bonchev–Trinajstić information content (AvgIpc) is 2.84. The van der Waals surface area contributed by atoms with Gasteiger partial charge >= 0.3 is 6.18 Å². The van der Waals surface area contributed by atoms with Crippen LogP contribution in [0.15, 0.2) is 43.6 Å². The predicted molar refractivity (Wildman–Crippen MR) is 127 cm³/mol. The van der Waals surface area contributed by atoms with Crippen molar-refractivity contribution in [3.05, 3.63) is 66.1 Å². The SMILES string of the molecule is C=C1CCCc2ccccc2C(=C)Nc2nc1nc1cnc(N3CCOCC3=O)c(C(F)(F)F)c21. The van der Waals surface area contributed by atoms with Crippen LogP contribution in [0.1, 0.15) is 35.4 Å². The Balaban J connectivity index is 1.77. The van der Waals surface area contributed by atoms with Gasteiger partial charge in [-0.15, -0.1) is 0 Å². The van der Waals surface area contributed by atoms with E-state index in [4.69, 9.17) is 4.74 Å². The van der Waals surface area contributed by atoms with Crippen molar-refractivity contribution in [1.82, 2.24) is 15.0 Å². The zero-order valence-electron chi connectivity index (χ0n) is 18.8. The molecule has 0 aliphatic carbocycles. The van der Waals surface area contributed by atoms with E-state index in [-0.39, 0.29) is 42.3 Å². The zero-order valence-corrected chi connectivity index (χ0v) is 18.8. The number of carbonyl (C=O) groups excluding carboxylic acids is 1. The molecule has 0 atom stereocenters. The van der Waals surface area contributed by atoms with E-state index >= 15 is 0 Å². The second-order valence-electron chi connectivity index (χ2n) is 8.43. The number of pyridine rings is 1. The molecule has 2 aliphatic rings. The van der Waals surface area contributed by atoms with E-state index < -0.39 is 23.5 Å². The molecule has 1 saturated heterocycles. The fraction of sp³-hybridized carbons (Fsp3) is 0.280. The highest BCUT2D eigenvalue weighted by Gasteiger charge is 2.41. The number of carbonyl (C=O) groups is 1. The highest BCUT2D eigenvalue weighted by Crippen LogP contribution is 2.43. The van der Waals surface area contributed by atoms with E-state index in [0.29, 0.717) is 17.7 Å². The third-order valence-electron chi connectivity index (χ3n) is 6.10. The second-order valence-corrected chi connectivity index (χ2v) is 8.43. The van der Waals surface area contributed by atoms with Crippen LogP contribution in [0.2, 0.25) is 0 Å². The molecule has 5 rings (SSSR count). The smallest absolute Gasteiger partial charge is 0.370 e. The summed E-state index contributed by atoms with van der Waals surface area (Å²) in [5.74, 6) is -0.918. The van der Waals surface area contributed by atoms with Crippen molar-refractivity contribution in [3.8, 4) is 0 Å². The number of allylic oxidation sites excluding steroid dienone is 1. The summed E-state index contributed by atoms with van der Waals surface area (Å²) in [4.78, 5) is 26.3. The number of aryl methyl sites for hydroxylation is 1. The van der Waals surface area contributed by atoms with Crippen molar-refractivity contribution >= 4 is 39.7 Å². The summed E-state index contributed by atoms with van der Waals surface area (Å²) in [7, 11) is 0. The number of ether oxygens (including phenoxy) is 1. The summed E-state index contributed by atoms with van der Waals surface area (Å²) in [6.07, 6.45) is -1.52. The van der Waals surface area contributed by atoms with Gasteiger partial charge in [-0.05, 0) is 30.4 Å². The molecule has 4 heterocycles. The first kappa shape index (κ1) is 23.0. The van der Waals surface area contributed by atoms with Crippen LogP contribution in [-0.4, -0.2) is 40.6 Å². The molecule has 0 radical (unpaired) electrons. The van der Waals surface area contributed by atoms with Crippen LogP contribution >= 0.6 is 0 Å². The minimum Gasteiger partial charge on any atom is -0.370 e. The number of hydrogen-bond acceptors (Lipinski definition) is 6. The Bertz CT molecular complexity index is 1370. The molecule has 2 aliphatic heterocycles. The van der Waals surface area contributed by atoms with Crippen LogP contribution < -0.4 is 10.2 Å². The van der Waals surface area contributed by atoms with E-state index in [1.165, 1.54) is 6.20 Å². The van der Waals surface area contributed by atoms with Crippen molar-refractivity contribution in [2.45, 2.75) is 25.4 Å². The highest BCUT2D eigenvalue weighted by molar-refractivity contribution is 6.02. The van der Waals surface area contributed by atoms with E-state index in [9.17, 15) is 18.0 Å². The molecule has 7 nitrogen and oxygen atoms in total. The van der Waals surface area contributed by atoms with E-state index in [1.807, 2.05) is 24.3 Å². The van der Waals surface area contributed by atoms with Gasteiger partial charge in [0.2, 0.25) is 0 Å². The van der Waals surface area contributed by atoms with Crippen molar-refractivity contribution < 1.29 is 22.7 Å². The number of anilines is 2. The number of alkyl halides is 3. The summed E-state index contributed by atoms with van der Waals surface area (Å²) < 4.78 is 48.8. The van der Waals surface area contributed by atoms with Crippen LogP contribution in [0.25, 0.3) is 22.2 Å². The number of amides is 1. The van der Waals surface area contributed by atoms with Gasteiger partial charge in [0.05, 0.1) is 30.3 Å².